The predicted molar refractivity (Wildman–Crippen MR) is 92.5 cm³/mol. The van der Waals surface area contributed by atoms with Crippen LogP contribution >= 0.6 is 0 Å². The van der Waals surface area contributed by atoms with E-state index < -0.39 is 0 Å². The van der Waals surface area contributed by atoms with E-state index >= 15 is 0 Å². The molecule has 102 valence electrons. The molecule has 0 aromatic heterocycles. The summed E-state index contributed by atoms with van der Waals surface area (Å²) in [6.45, 7) is 4.41. The molecule has 0 radical (unpaired) electrons. The highest BCUT2D eigenvalue weighted by Crippen LogP contribution is 2.33. The van der Waals surface area contributed by atoms with Crippen molar-refractivity contribution in [2.45, 2.75) is 13.8 Å². The summed E-state index contributed by atoms with van der Waals surface area (Å²) in [7, 11) is 0. The van der Waals surface area contributed by atoms with E-state index in [0.29, 0.717) is 0 Å². The van der Waals surface area contributed by atoms with Crippen molar-refractivity contribution in [1.82, 2.24) is 0 Å². The van der Waals surface area contributed by atoms with E-state index in [1.165, 1.54) is 38.7 Å². The fraction of sp³-hybridized carbons (Fsp3) is 0.111. The lowest BCUT2D eigenvalue weighted by atomic mass is 9.65. The number of hydrogen-bond donors (Lipinski definition) is 2. The quantitative estimate of drug-likeness (QED) is 0.660. The van der Waals surface area contributed by atoms with E-state index in [9.17, 15) is 0 Å². The largest absolute Gasteiger partial charge is 0.406 e. The summed E-state index contributed by atoms with van der Waals surface area (Å²) in [6, 6.07) is 19.5. The van der Waals surface area contributed by atoms with E-state index in [4.69, 9.17) is 0 Å². The van der Waals surface area contributed by atoms with Crippen molar-refractivity contribution in [3.8, 4) is 0 Å². The van der Waals surface area contributed by atoms with Crippen molar-refractivity contribution < 1.29 is 0 Å². The van der Waals surface area contributed by atoms with E-state index in [2.05, 4.69) is 78.9 Å². The minimum atomic E-state index is 0.115. The first kappa shape index (κ1) is 12.3. The normalized spacial score (nSPS) is 13.0. The number of hydrogen-bond acceptors (Lipinski definition) is 2. The summed E-state index contributed by atoms with van der Waals surface area (Å²) in [5, 5.41) is 9.79. The van der Waals surface area contributed by atoms with Gasteiger partial charge in [-0.15, -0.1) is 0 Å². The van der Waals surface area contributed by atoms with Gasteiger partial charge in [0.2, 0.25) is 0 Å². The fourth-order valence-electron chi connectivity index (χ4n) is 3.27. The van der Waals surface area contributed by atoms with Gasteiger partial charge in [-0.2, -0.15) is 0 Å². The Morgan fingerprint density at radius 2 is 1.33 bits per heavy atom. The molecule has 3 heteroatoms. The van der Waals surface area contributed by atoms with E-state index in [1.54, 1.807) is 0 Å². The van der Waals surface area contributed by atoms with Gasteiger partial charge in [-0.25, -0.2) is 0 Å². The number of aryl methyl sites for hydroxylation is 2. The van der Waals surface area contributed by atoms with Gasteiger partial charge in [-0.3, -0.25) is 0 Å². The van der Waals surface area contributed by atoms with E-state index in [0.717, 1.165) is 0 Å². The monoisotopic (exact) mass is 272 g/mol. The molecule has 0 spiro atoms. The van der Waals surface area contributed by atoms with Gasteiger partial charge >= 0.3 is 6.98 Å². The van der Waals surface area contributed by atoms with Gasteiger partial charge < -0.3 is 10.5 Å². The molecular weight excluding hydrogens is 255 g/mol. The average Bonchev–Trinajstić information content (AvgIpc) is 2.47. The zero-order chi connectivity index (χ0) is 14.4. The van der Waals surface area contributed by atoms with Gasteiger partial charge in [0.1, 0.15) is 0 Å². The molecule has 0 bridgehead atoms. The average molecular weight is 272 g/mol. The zero-order valence-corrected chi connectivity index (χ0v) is 12.3. The van der Waals surface area contributed by atoms with Gasteiger partial charge in [-0.1, -0.05) is 53.6 Å². The molecule has 1 heterocycles. The molecule has 0 amide bonds. The molecule has 4 rings (SSSR count). The van der Waals surface area contributed by atoms with Crippen molar-refractivity contribution in [3.05, 3.63) is 65.7 Å². The summed E-state index contributed by atoms with van der Waals surface area (Å²) in [5.41, 5.74) is 6.27. The number of nitrogens with one attached hydrogen (secondary N) is 2. The van der Waals surface area contributed by atoms with Crippen LogP contribution in [0.4, 0.5) is 11.4 Å². The first-order valence-corrected chi connectivity index (χ1v) is 7.34. The molecule has 3 aromatic carbocycles. The Kier molecular flexibility index (Phi) is 2.68. The second-order valence-electron chi connectivity index (χ2n) is 5.85. The Bertz CT molecular complexity index is 781. The Labute approximate surface area is 125 Å². The highest BCUT2D eigenvalue weighted by atomic mass is 15.0. The predicted octanol–water partition coefficient (Wildman–Crippen LogP) is 3.69. The summed E-state index contributed by atoms with van der Waals surface area (Å²) < 4.78 is 0. The third kappa shape index (κ3) is 2.06. The minimum absolute atomic E-state index is 0.115. The van der Waals surface area contributed by atoms with Crippen LogP contribution in [0.1, 0.15) is 11.1 Å². The third-order valence-corrected chi connectivity index (χ3v) is 4.08. The highest BCUT2D eigenvalue weighted by molar-refractivity contribution is 6.80. The van der Waals surface area contributed by atoms with Crippen LogP contribution in [-0.4, -0.2) is 6.98 Å². The van der Waals surface area contributed by atoms with Crippen molar-refractivity contribution >= 4 is 34.6 Å². The van der Waals surface area contributed by atoms with Crippen LogP contribution in [0.25, 0.3) is 10.8 Å². The van der Waals surface area contributed by atoms with Crippen LogP contribution in [-0.2, 0) is 0 Å². The summed E-state index contributed by atoms with van der Waals surface area (Å²) >= 11 is 0. The molecule has 21 heavy (non-hydrogen) atoms. The lowest BCUT2D eigenvalue weighted by Gasteiger charge is -2.27. The summed E-state index contributed by atoms with van der Waals surface area (Å²) in [5.74, 6) is 0. The fourth-order valence-corrected chi connectivity index (χ4v) is 3.27. The molecule has 0 fully saturated rings. The summed E-state index contributed by atoms with van der Waals surface area (Å²) in [6.07, 6.45) is 0. The second-order valence-corrected chi connectivity index (χ2v) is 5.85. The first-order valence-electron chi connectivity index (χ1n) is 7.34. The molecule has 0 saturated heterocycles. The maximum atomic E-state index is 3.62. The Hall–Kier alpha value is -2.42. The summed E-state index contributed by atoms with van der Waals surface area (Å²) in [4.78, 5) is 0. The molecule has 0 unspecified atom stereocenters. The zero-order valence-electron chi connectivity index (χ0n) is 12.3. The van der Waals surface area contributed by atoms with E-state index in [1.807, 2.05) is 0 Å². The molecule has 3 aromatic rings. The first-order chi connectivity index (χ1) is 10.2. The number of rotatable bonds is 1. The molecule has 2 nitrogen and oxygen atoms in total. The Morgan fingerprint density at radius 3 is 1.90 bits per heavy atom. The molecule has 1 aliphatic rings. The SMILES string of the molecule is Cc1cc(C)cc(B2Nc3cccc4cccc(c34)N2)c1. The van der Waals surface area contributed by atoms with Crippen molar-refractivity contribution in [3.63, 3.8) is 0 Å². The third-order valence-electron chi connectivity index (χ3n) is 4.08. The smallest absolute Gasteiger partial charge is 0.405 e. The molecular formula is C18H17BN2. The molecule has 1 aliphatic heterocycles. The standard InChI is InChI=1S/C18H17BN2/c1-12-9-13(2)11-15(10-12)19-20-16-7-3-5-14-6-4-8-17(21-19)18(14)16/h3-11,20-21H,1-2H3. The van der Waals surface area contributed by atoms with Crippen LogP contribution in [0.2, 0.25) is 0 Å². The highest BCUT2D eigenvalue weighted by Gasteiger charge is 2.25. The molecule has 0 atom stereocenters. The molecule has 2 N–H and O–H groups in total. The number of anilines is 2. The second kappa shape index (κ2) is 4.56. The lowest BCUT2D eigenvalue weighted by Crippen LogP contribution is -2.48. The van der Waals surface area contributed by atoms with Gasteiger partial charge in [0.25, 0.3) is 0 Å². The Balaban J connectivity index is 1.83. The van der Waals surface area contributed by atoms with Gasteiger partial charge in [0.15, 0.2) is 0 Å². The van der Waals surface area contributed by atoms with Gasteiger partial charge in [0, 0.05) is 16.8 Å². The van der Waals surface area contributed by atoms with Crippen LogP contribution in [0, 0.1) is 13.8 Å². The molecule has 0 saturated carbocycles. The minimum Gasteiger partial charge on any atom is -0.405 e. The van der Waals surface area contributed by atoms with Crippen molar-refractivity contribution in [2.24, 2.45) is 0 Å². The van der Waals surface area contributed by atoms with Crippen LogP contribution in [0.3, 0.4) is 0 Å². The van der Waals surface area contributed by atoms with Crippen LogP contribution in [0.15, 0.2) is 54.6 Å². The van der Waals surface area contributed by atoms with Crippen LogP contribution in [0.5, 0.6) is 0 Å². The van der Waals surface area contributed by atoms with E-state index in [-0.39, 0.29) is 6.98 Å². The maximum Gasteiger partial charge on any atom is 0.406 e. The maximum absolute atomic E-state index is 3.62. The lowest BCUT2D eigenvalue weighted by molar-refractivity contribution is 1.40. The topological polar surface area (TPSA) is 24.1 Å². The molecule has 0 aliphatic carbocycles. The van der Waals surface area contributed by atoms with Crippen molar-refractivity contribution in [2.75, 3.05) is 10.5 Å². The van der Waals surface area contributed by atoms with Crippen LogP contribution < -0.4 is 15.9 Å². The number of benzene rings is 3. The van der Waals surface area contributed by atoms with Gasteiger partial charge in [-0.05, 0) is 36.8 Å². The van der Waals surface area contributed by atoms with Gasteiger partial charge in [0.05, 0.1) is 0 Å². The van der Waals surface area contributed by atoms with Crippen molar-refractivity contribution in [1.29, 1.82) is 0 Å². The Morgan fingerprint density at radius 1 is 0.762 bits per heavy atom.